The number of carbonyl (C=O) groups is 1. The van der Waals surface area contributed by atoms with Crippen molar-refractivity contribution in [1.82, 2.24) is 0 Å². The van der Waals surface area contributed by atoms with Crippen molar-refractivity contribution in [2.75, 3.05) is 27.2 Å². The third-order valence-electron chi connectivity index (χ3n) is 11.4. The molecule has 3 fully saturated rings. The summed E-state index contributed by atoms with van der Waals surface area (Å²) in [7, 11) is 3.10. The molecule has 4 aliphatic rings. The van der Waals surface area contributed by atoms with E-state index in [-0.39, 0.29) is 24.7 Å². The summed E-state index contributed by atoms with van der Waals surface area (Å²) in [6, 6.07) is 0. The van der Waals surface area contributed by atoms with Gasteiger partial charge in [-0.3, -0.25) is 0 Å². The fourth-order valence-electron chi connectivity index (χ4n) is 9.27. The zero-order valence-corrected chi connectivity index (χ0v) is 24.9. The largest absolute Gasteiger partial charge is 0.633 e. The molecule has 0 radical (unpaired) electrons. The van der Waals surface area contributed by atoms with Gasteiger partial charge in [0.15, 0.2) is 0 Å². The Morgan fingerprint density at radius 3 is 2.54 bits per heavy atom. The molecule has 0 amide bonds. The number of allylic oxidation sites excluding steroid dienone is 1. The van der Waals surface area contributed by atoms with Gasteiger partial charge in [0.25, 0.3) is 0 Å². The molecular weight excluding hydrogens is 462 g/mol. The normalized spacial score (nSPS) is 38.3. The quantitative estimate of drug-likeness (QED) is 0.134. The van der Waals surface area contributed by atoms with Gasteiger partial charge in [0.1, 0.15) is 19.3 Å². The number of quaternary nitrogens is 1. The average Bonchev–Trinajstić information content (AvgIpc) is 3.15. The number of hydrogen-bond donors (Lipinski definition) is 0. The van der Waals surface area contributed by atoms with Gasteiger partial charge in [0, 0.05) is 6.42 Å². The molecule has 0 saturated heterocycles. The Kier molecular flexibility index (Phi) is 8.75. The zero-order chi connectivity index (χ0) is 27.0. The van der Waals surface area contributed by atoms with Gasteiger partial charge in [-0.2, -0.15) is 0 Å². The first kappa shape index (κ1) is 28.9. The zero-order valence-electron chi connectivity index (χ0n) is 24.9. The van der Waals surface area contributed by atoms with Gasteiger partial charge < -0.3 is 19.3 Å². The lowest BCUT2D eigenvalue weighted by Crippen LogP contribution is -2.51. The molecule has 4 rings (SSSR count). The minimum Gasteiger partial charge on any atom is -0.633 e. The van der Waals surface area contributed by atoms with Crippen molar-refractivity contribution in [3.8, 4) is 0 Å². The van der Waals surface area contributed by atoms with E-state index < -0.39 is 10.8 Å². The molecule has 5 heteroatoms. The Morgan fingerprint density at radius 1 is 1.08 bits per heavy atom. The average molecular weight is 518 g/mol. The molecule has 212 valence electrons. The van der Waals surface area contributed by atoms with Crippen LogP contribution in [-0.2, 0) is 9.47 Å². The van der Waals surface area contributed by atoms with E-state index in [1.165, 1.54) is 56.9 Å². The first-order chi connectivity index (χ1) is 17.3. The highest BCUT2D eigenvalue weighted by Gasteiger charge is 2.59. The van der Waals surface area contributed by atoms with Crippen LogP contribution in [0.3, 0.4) is 0 Å². The van der Waals surface area contributed by atoms with Crippen molar-refractivity contribution in [2.45, 2.75) is 111 Å². The third kappa shape index (κ3) is 6.24. The van der Waals surface area contributed by atoms with Crippen molar-refractivity contribution >= 4 is 6.16 Å². The van der Waals surface area contributed by atoms with E-state index in [1.807, 2.05) is 0 Å². The summed E-state index contributed by atoms with van der Waals surface area (Å²) in [5, 5.41) is 11.7. The number of carbonyl (C=O) groups excluding carboxylic acids is 1. The van der Waals surface area contributed by atoms with E-state index in [1.54, 1.807) is 14.1 Å². The number of hydroxylamine groups is 3. The monoisotopic (exact) mass is 517 g/mol. The van der Waals surface area contributed by atoms with E-state index in [2.05, 4.69) is 40.7 Å². The maximum atomic E-state index is 12.2. The van der Waals surface area contributed by atoms with Crippen LogP contribution in [0.4, 0.5) is 4.79 Å². The summed E-state index contributed by atoms with van der Waals surface area (Å²) in [5.74, 6) is 5.01. The molecule has 0 bridgehead atoms. The molecule has 0 heterocycles. The fourth-order valence-corrected chi connectivity index (χ4v) is 9.27. The van der Waals surface area contributed by atoms with Crippen LogP contribution in [0.2, 0.25) is 0 Å². The summed E-state index contributed by atoms with van der Waals surface area (Å²) in [5.41, 5.74) is 2.29. The van der Waals surface area contributed by atoms with Crippen LogP contribution in [0, 0.1) is 51.5 Å². The molecule has 0 N–H and O–H groups in total. The van der Waals surface area contributed by atoms with Gasteiger partial charge in [-0.25, -0.2) is 4.79 Å². The predicted octanol–water partition coefficient (Wildman–Crippen LogP) is 8.12. The van der Waals surface area contributed by atoms with Crippen molar-refractivity contribution in [3.63, 3.8) is 0 Å². The van der Waals surface area contributed by atoms with E-state index in [0.717, 1.165) is 54.8 Å². The molecule has 0 aromatic carbocycles. The Labute approximate surface area is 226 Å². The molecule has 4 aliphatic carbocycles. The van der Waals surface area contributed by atoms with Crippen molar-refractivity contribution in [1.29, 1.82) is 0 Å². The summed E-state index contributed by atoms with van der Waals surface area (Å²) >= 11 is 0. The Morgan fingerprint density at radius 2 is 1.84 bits per heavy atom. The maximum absolute atomic E-state index is 12.2. The van der Waals surface area contributed by atoms with Crippen LogP contribution in [0.1, 0.15) is 105 Å². The molecule has 8 atom stereocenters. The highest BCUT2D eigenvalue weighted by molar-refractivity contribution is 5.60. The number of ether oxygens (including phenoxy) is 2. The number of rotatable bonds is 9. The summed E-state index contributed by atoms with van der Waals surface area (Å²) in [6.07, 6.45) is 15.6. The van der Waals surface area contributed by atoms with Gasteiger partial charge in [-0.05, 0) is 91.3 Å². The lowest BCUT2D eigenvalue weighted by atomic mass is 9.47. The summed E-state index contributed by atoms with van der Waals surface area (Å²) in [4.78, 5) is 12.2. The lowest BCUT2D eigenvalue weighted by molar-refractivity contribution is -0.840. The van der Waals surface area contributed by atoms with Gasteiger partial charge in [0.05, 0.1) is 14.1 Å². The van der Waals surface area contributed by atoms with Gasteiger partial charge >= 0.3 is 6.16 Å². The SMILES string of the molecule is CC(C)CCC[C@@H](C)[C@H]1CC[C@H]2[C@@H]3CC=C4C[C@@H](OC(=O)OCC[N+](C)(C)[O-])CC[C@]4(C)[C@H]3CC[C@]12C. The fraction of sp³-hybridized carbons (Fsp3) is 0.906. The molecule has 0 spiro atoms. The van der Waals surface area contributed by atoms with E-state index in [9.17, 15) is 10.0 Å². The molecular formula is C32H55NO4. The minimum atomic E-state index is -0.621. The molecule has 0 aliphatic heterocycles. The van der Waals surface area contributed by atoms with Crippen LogP contribution in [0.5, 0.6) is 0 Å². The molecule has 0 aromatic heterocycles. The first-order valence-corrected chi connectivity index (χ1v) is 15.4. The summed E-state index contributed by atoms with van der Waals surface area (Å²) < 4.78 is 10.4. The first-order valence-electron chi connectivity index (χ1n) is 15.4. The second-order valence-electron chi connectivity index (χ2n) is 14.7. The smallest absolute Gasteiger partial charge is 0.508 e. The Balaban J connectivity index is 1.36. The Bertz CT molecular complexity index is 831. The molecule has 3 saturated carbocycles. The molecule has 5 nitrogen and oxygen atoms in total. The van der Waals surface area contributed by atoms with Gasteiger partial charge in [-0.15, -0.1) is 0 Å². The third-order valence-corrected chi connectivity index (χ3v) is 11.4. The van der Waals surface area contributed by atoms with Crippen molar-refractivity contribution in [3.05, 3.63) is 16.9 Å². The molecule has 0 unspecified atom stereocenters. The van der Waals surface area contributed by atoms with Gasteiger partial charge in [0.2, 0.25) is 0 Å². The molecule has 0 aromatic rings. The van der Waals surface area contributed by atoms with Crippen LogP contribution >= 0.6 is 0 Å². The van der Waals surface area contributed by atoms with Crippen molar-refractivity contribution in [2.24, 2.45) is 46.3 Å². The topological polar surface area (TPSA) is 58.6 Å². The number of fused-ring (bicyclic) bond motifs is 5. The highest BCUT2D eigenvalue weighted by atomic mass is 16.7. The van der Waals surface area contributed by atoms with Crippen LogP contribution in [0.15, 0.2) is 11.6 Å². The van der Waals surface area contributed by atoms with Crippen LogP contribution < -0.4 is 0 Å². The van der Waals surface area contributed by atoms with Crippen LogP contribution in [0.25, 0.3) is 0 Å². The Hall–Kier alpha value is -1.07. The number of hydrogen-bond acceptors (Lipinski definition) is 4. The second-order valence-corrected chi connectivity index (χ2v) is 14.7. The second kappa shape index (κ2) is 11.2. The lowest BCUT2D eigenvalue weighted by Gasteiger charge is -2.58. The van der Waals surface area contributed by atoms with Gasteiger partial charge in [-0.1, -0.05) is 65.5 Å². The number of nitrogens with zero attached hydrogens (tertiary/aromatic N) is 1. The number of likely N-dealkylation sites (N-methyl/N-ethyl adjacent to an activating group) is 1. The molecule has 37 heavy (non-hydrogen) atoms. The predicted molar refractivity (Wildman–Crippen MR) is 150 cm³/mol. The minimum absolute atomic E-state index is 0.101. The van der Waals surface area contributed by atoms with E-state index in [4.69, 9.17) is 9.47 Å². The van der Waals surface area contributed by atoms with E-state index in [0.29, 0.717) is 5.41 Å². The maximum Gasteiger partial charge on any atom is 0.508 e. The highest BCUT2D eigenvalue weighted by Crippen LogP contribution is 2.67. The van der Waals surface area contributed by atoms with E-state index >= 15 is 0 Å². The van der Waals surface area contributed by atoms with Crippen LogP contribution in [-0.4, -0.2) is 44.2 Å². The standard InChI is InChI=1S/C32H55NO4/c1-22(2)9-8-10-23(3)27-13-14-28-26-12-11-24-21-25(37-30(34)36-20-19-33(6,7)35)15-17-31(24,4)29(26)16-18-32(27,28)5/h11,22-23,25-29H,8-10,12-21H2,1-7H3/t23-,25+,26+,27-,28+,29+,31+,32-/m1/s1. The van der Waals surface area contributed by atoms with Crippen molar-refractivity contribution < 1.29 is 18.9 Å². The summed E-state index contributed by atoms with van der Waals surface area (Å²) in [6.45, 7) is 12.8.